The number of thioether (sulfide) groups is 1. The lowest BCUT2D eigenvalue weighted by atomic mass is 10.3. The Bertz CT molecular complexity index is 485. The molecular formula is C13H16ClNO4S. The normalized spacial score (nSPS) is 21.7. The summed E-state index contributed by atoms with van der Waals surface area (Å²) in [7, 11) is 1.58. The lowest BCUT2D eigenvalue weighted by Gasteiger charge is -2.13. The van der Waals surface area contributed by atoms with Gasteiger partial charge in [0.1, 0.15) is 17.5 Å². The van der Waals surface area contributed by atoms with Crippen LogP contribution in [0.1, 0.15) is 6.42 Å². The highest BCUT2D eigenvalue weighted by Crippen LogP contribution is 2.29. The van der Waals surface area contributed by atoms with Crippen LogP contribution in [0.2, 0.25) is 5.02 Å². The van der Waals surface area contributed by atoms with E-state index in [1.54, 1.807) is 37.1 Å². The summed E-state index contributed by atoms with van der Waals surface area (Å²) in [5.41, 5.74) is 0. The summed E-state index contributed by atoms with van der Waals surface area (Å²) < 4.78 is 10.7. The van der Waals surface area contributed by atoms with Crippen LogP contribution in [-0.2, 0) is 4.79 Å². The third-order valence-corrected chi connectivity index (χ3v) is 4.52. The van der Waals surface area contributed by atoms with E-state index in [1.807, 2.05) is 0 Å². The lowest BCUT2D eigenvalue weighted by Crippen LogP contribution is -2.37. The Labute approximate surface area is 126 Å². The summed E-state index contributed by atoms with van der Waals surface area (Å²) >= 11 is 7.66. The van der Waals surface area contributed by atoms with Gasteiger partial charge in [-0.05, 0) is 12.1 Å². The van der Waals surface area contributed by atoms with Gasteiger partial charge in [0.05, 0.1) is 24.1 Å². The fourth-order valence-electron chi connectivity index (χ4n) is 1.84. The monoisotopic (exact) mass is 317 g/mol. The van der Waals surface area contributed by atoms with E-state index in [1.165, 1.54) is 0 Å². The van der Waals surface area contributed by atoms with Gasteiger partial charge in [-0.3, -0.25) is 10.1 Å². The van der Waals surface area contributed by atoms with E-state index in [-0.39, 0.29) is 5.37 Å². The smallest absolute Gasteiger partial charge is 0.321 e. The average Bonchev–Trinajstić information content (AvgIpc) is 2.89. The first-order valence-electron chi connectivity index (χ1n) is 6.17. The summed E-state index contributed by atoms with van der Waals surface area (Å²) in [6.45, 7) is 0.475. The summed E-state index contributed by atoms with van der Waals surface area (Å²) in [4.78, 5) is 10.8. The summed E-state index contributed by atoms with van der Waals surface area (Å²) in [5, 5.41) is 12.5. The number of carboxylic acids is 1. The maximum atomic E-state index is 10.8. The number of benzene rings is 1. The van der Waals surface area contributed by atoms with Crippen molar-refractivity contribution in [2.45, 2.75) is 17.8 Å². The number of rotatable bonds is 6. The molecule has 110 valence electrons. The molecule has 2 atom stereocenters. The van der Waals surface area contributed by atoms with Crippen molar-refractivity contribution in [3.8, 4) is 11.5 Å². The predicted molar refractivity (Wildman–Crippen MR) is 78.9 cm³/mol. The van der Waals surface area contributed by atoms with Crippen LogP contribution in [0.3, 0.4) is 0 Å². The molecule has 1 saturated heterocycles. The van der Waals surface area contributed by atoms with Crippen molar-refractivity contribution in [1.29, 1.82) is 0 Å². The molecule has 0 amide bonds. The van der Waals surface area contributed by atoms with Gasteiger partial charge in [0.15, 0.2) is 0 Å². The Morgan fingerprint density at radius 1 is 1.60 bits per heavy atom. The third kappa shape index (κ3) is 3.94. The van der Waals surface area contributed by atoms with Crippen LogP contribution in [0, 0.1) is 0 Å². The number of nitrogens with one attached hydrogen (secondary N) is 1. The molecule has 0 spiro atoms. The van der Waals surface area contributed by atoms with E-state index in [0.29, 0.717) is 28.9 Å². The maximum Gasteiger partial charge on any atom is 0.321 e. The molecule has 2 unspecified atom stereocenters. The maximum absolute atomic E-state index is 10.8. The van der Waals surface area contributed by atoms with Gasteiger partial charge in [0, 0.05) is 18.2 Å². The summed E-state index contributed by atoms with van der Waals surface area (Å²) in [5.74, 6) is 1.06. The molecule has 0 bridgehead atoms. The first-order chi connectivity index (χ1) is 9.60. The van der Waals surface area contributed by atoms with Crippen LogP contribution in [0.4, 0.5) is 0 Å². The minimum Gasteiger partial charge on any atom is -0.497 e. The Kier molecular flexibility index (Phi) is 5.39. The Morgan fingerprint density at radius 2 is 2.40 bits per heavy atom. The van der Waals surface area contributed by atoms with Gasteiger partial charge in [0.2, 0.25) is 0 Å². The number of hydrogen-bond donors (Lipinski definition) is 2. The Hall–Kier alpha value is -1.11. The number of halogens is 1. The van der Waals surface area contributed by atoms with Crippen LogP contribution in [-0.4, -0.2) is 42.0 Å². The van der Waals surface area contributed by atoms with E-state index in [2.05, 4.69) is 5.32 Å². The molecule has 0 radical (unpaired) electrons. The van der Waals surface area contributed by atoms with E-state index in [4.69, 9.17) is 26.2 Å². The topological polar surface area (TPSA) is 67.8 Å². The molecule has 20 heavy (non-hydrogen) atoms. The number of methoxy groups -OCH3 is 1. The first-order valence-corrected chi connectivity index (χ1v) is 7.59. The molecule has 2 N–H and O–H groups in total. The Morgan fingerprint density at radius 3 is 3.00 bits per heavy atom. The van der Waals surface area contributed by atoms with Gasteiger partial charge in [-0.1, -0.05) is 11.6 Å². The zero-order valence-electron chi connectivity index (χ0n) is 11.0. The highest BCUT2D eigenvalue weighted by Gasteiger charge is 2.29. The molecule has 1 aliphatic rings. The van der Waals surface area contributed by atoms with Gasteiger partial charge in [-0.2, -0.15) is 0 Å². The zero-order chi connectivity index (χ0) is 14.5. The van der Waals surface area contributed by atoms with Crippen LogP contribution in [0.5, 0.6) is 11.5 Å². The van der Waals surface area contributed by atoms with Gasteiger partial charge in [-0.15, -0.1) is 11.8 Å². The van der Waals surface area contributed by atoms with E-state index >= 15 is 0 Å². The quantitative estimate of drug-likeness (QED) is 0.838. The van der Waals surface area contributed by atoms with Crippen molar-refractivity contribution < 1.29 is 19.4 Å². The highest BCUT2D eigenvalue weighted by atomic mass is 35.5. The van der Waals surface area contributed by atoms with Gasteiger partial charge < -0.3 is 14.6 Å². The van der Waals surface area contributed by atoms with Gasteiger partial charge in [-0.25, -0.2) is 0 Å². The fraction of sp³-hybridized carbons (Fsp3) is 0.462. The molecule has 1 aliphatic heterocycles. The zero-order valence-corrected chi connectivity index (χ0v) is 12.5. The minimum atomic E-state index is -0.806. The largest absolute Gasteiger partial charge is 0.497 e. The van der Waals surface area contributed by atoms with Crippen molar-refractivity contribution >= 4 is 29.3 Å². The van der Waals surface area contributed by atoms with Crippen molar-refractivity contribution in [1.82, 2.24) is 5.32 Å². The molecular weight excluding hydrogens is 302 g/mol. The van der Waals surface area contributed by atoms with Crippen molar-refractivity contribution in [3.63, 3.8) is 0 Å². The Balaban J connectivity index is 1.78. The molecule has 1 aromatic carbocycles. The molecule has 1 aromatic rings. The number of carboxylic acid groups (broad SMARTS) is 1. The summed E-state index contributed by atoms with van der Waals surface area (Å²) in [6, 6.07) is 4.77. The number of carbonyl (C=O) groups is 1. The molecule has 0 aromatic heterocycles. The van der Waals surface area contributed by atoms with Gasteiger partial charge in [0.25, 0.3) is 0 Å². The molecule has 5 nitrogen and oxygen atoms in total. The number of hydrogen-bond acceptors (Lipinski definition) is 5. The van der Waals surface area contributed by atoms with E-state index < -0.39 is 12.0 Å². The molecule has 2 rings (SSSR count). The molecule has 7 heteroatoms. The van der Waals surface area contributed by atoms with Crippen LogP contribution < -0.4 is 14.8 Å². The standard InChI is InChI=1S/C13H16ClNO4S/c1-18-8-2-3-11(9(14)6-8)19-5-4-12-15-10(7-20-12)13(16)17/h2-3,6,10,12,15H,4-5,7H2,1H3,(H,16,17). The fourth-order valence-corrected chi connectivity index (χ4v) is 3.26. The molecule has 1 fully saturated rings. The highest BCUT2D eigenvalue weighted by molar-refractivity contribution is 8.00. The minimum absolute atomic E-state index is 0.105. The summed E-state index contributed by atoms with van der Waals surface area (Å²) in [6.07, 6.45) is 0.719. The number of aliphatic carboxylic acids is 1. The van der Waals surface area contributed by atoms with E-state index in [0.717, 1.165) is 6.42 Å². The van der Waals surface area contributed by atoms with Crippen molar-refractivity contribution in [2.75, 3.05) is 19.5 Å². The second-order valence-corrected chi connectivity index (χ2v) is 5.96. The SMILES string of the molecule is COc1ccc(OCCC2NC(C(=O)O)CS2)c(Cl)c1. The van der Waals surface area contributed by atoms with Crippen molar-refractivity contribution in [3.05, 3.63) is 23.2 Å². The van der Waals surface area contributed by atoms with Crippen LogP contribution in [0.25, 0.3) is 0 Å². The second kappa shape index (κ2) is 7.06. The predicted octanol–water partition coefficient (Wildman–Crippen LogP) is 2.23. The van der Waals surface area contributed by atoms with E-state index in [9.17, 15) is 4.79 Å². The molecule has 0 aliphatic carbocycles. The van der Waals surface area contributed by atoms with Crippen molar-refractivity contribution in [2.24, 2.45) is 0 Å². The number of ether oxygens (including phenoxy) is 2. The third-order valence-electron chi connectivity index (χ3n) is 2.93. The first kappa shape index (κ1) is 15.3. The van der Waals surface area contributed by atoms with Gasteiger partial charge >= 0.3 is 5.97 Å². The average molecular weight is 318 g/mol. The second-order valence-electron chi connectivity index (χ2n) is 4.31. The molecule has 1 heterocycles. The lowest BCUT2D eigenvalue weighted by molar-refractivity contribution is -0.138. The van der Waals surface area contributed by atoms with Crippen LogP contribution >= 0.6 is 23.4 Å². The van der Waals surface area contributed by atoms with Crippen LogP contribution in [0.15, 0.2) is 18.2 Å². The molecule has 0 saturated carbocycles.